The molecule has 0 saturated carbocycles. The van der Waals surface area contributed by atoms with Gasteiger partial charge >= 0.3 is 0 Å². The van der Waals surface area contributed by atoms with Crippen molar-refractivity contribution in [1.82, 2.24) is 0 Å². The van der Waals surface area contributed by atoms with Crippen LogP contribution in [0.2, 0.25) is 0 Å². The maximum absolute atomic E-state index is 5.35. The smallest absolute Gasteiger partial charge is 0.124 e. The SMILES string of the molecule is C#Cc1ccccc1C#C[Si]C(=C)C. The number of terminal acetylenes is 1. The Morgan fingerprint density at radius 2 is 2.00 bits per heavy atom. The van der Waals surface area contributed by atoms with Crippen LogP contribution in [0.4, 0.5) is 0 Å². The molecule has 0 spiro atoms. The second kappa shape index (κ2) is 5.12. The molecule has 1 rings (SSSR count). The van der Waals surface area contributed by atoms with Gasteiger partial charge in [0.15, 0.2) is 9.52 Å². The molecular weight excluding hydrogens is 184 g/mol. The van der Waals surface area contributed by atoms with E-state index < -0.39 is 0 Å². The van der Waals surface area contributed by atoms with Gasteiger partial charge in [-0.15, -0.1) is 18.5 Å². The van der Waals surface area contributed by atoms with E-state index in [-0.39, 0.29) is 0 Å². The maximum Gasteiger partial charge on any atom is 0.181 e. The molecule has 0 unspecified atom stereocenters. The molecule has 0 aromatic heterocycles. The molecule has 1 heteroatoms. The first-order chi connectivity index (χ1) is 6.74. The van der Waals surface area contributed by atoms with E-state index in [9.17, 15) is 0 Å². The third-order valence-electron chi connectivity index (χ3n) is 1.56. The van der Waals surface area contributed by atoms with Crippen LogP contribution in [0, 0.1) is 23.8 Å². The Kier molecular flexibility index (Phi) is 3.79. The van der Waals surface area contributed by atoms with Crippen molar-refractivity contribution in [2.45, 2.75) is 6.92 Å². The van der Waals surface area contributed by atoms with Gasteiger partial charge in [-0.3, -0.25) is 0 Å². The highest BCUT2D eigenvalue weighted by Crippen LogP contribution is 2.04. The number of hydrogen-bond donors (Lipinski definition) is 0. The van der Waals surface area contributed by atoms with E-state index in [0.29, 0.717) is 9.52 Å². The third kappa shape index (κ3) is 2.97. The Balaban J connectivity index is 2.90. The lowest BCUT2D eigenvalue weighted by molar-refractivity contribution is 1.59. The van der Waals surface area contributed by atoms with Crippen molar-refractivity contribution in [3.05, 3.63) is 47.2 Å². The van der Waals surface area contributed by atoms with Gasteiger partial charge in [0.2, 0.25) is 0 Å². The topological polar surface area (TPSA) is 0 Å². The summed E-state index contributed by atoms with van der Waals surface area (Å²) in [5, 5.41) is 1.09. The summed E-state index contributed by atoms with van der Waals surface area (Å²) in [6, 6.07) is 7.69. The van der Waals surface area contributed by atoms with Crippen LogP contribution in [0.5, 0.6) is 0 Å². The predicted molar refractivity (Wildman–Crippen MR) is 61.8 cm³/mol. The minimum atomic E-state index is 0.488. The molecule has 66 valence electrons. The standard InChI is InChI=1S/C13H10Si/c1-4-12-7-5-6-8-13(12)9-10-14-11(2)3/h1,5-8H,2H2,3H3. The average Bonchev–Trinajstić information content (AvgIpc) is 2.18. The summed E-state index contributed by atoms with van der Waals surface area (Å²) in [6.07, 6.45) is 5.35. The number of allylic oxidation sites excluding steroid dienone is 1. The van der Waals surface area contributed by atoms with Crippen LogP contribution in [-0.4, -0.2) is 9.52 Å². The van der Waals surface area contributed by atoms with Gasteiger partial charge in [0.1, 0.15) is 0 Å². The second-order valence-electron chi connectivity index (χ2n) is 2.85. The number of hydrogen-bond acceptors (Lipinski definition) is 0. The predicted octanol–water partition coefficient (Wildman–Crippen LogP) is 2.21. The molecule has 0 N–H and O–H groups in total. The third-order valence-corrected chi connectivity index (χ3v) is 2.23. The van der Waals surface area contributed by atoms with Gasteiger partial charge < -0.3 is 0 Å². The van der Waals surface area contributed by atoms with Gasteiger partial charge in [0, 0.05) is 11.1 Å². The first-order valence-corrected chi connectivity index (χ1v) is 5.22. The van der Waals surface area contributed by atoms with Crippen LogP contribution in [-0.2, 0) is 0 Å². The first-order valence-electron chi connectivity index (χ1n) is 4.22. The number of rotatable bonds is 1. The van der Waals surface area contributed by atoms with Gasteiger partial charge in [-0.05, 0) is 19.1 Å². The average molecular weight is 194 g/mol. The van der Waals surface area contributed by atoms with Crippen molar-refractivity contribution in [2.75, 3.05) is 0 Å². The maximum atomic E-state index is 5.35. The summed E-state index contributed by atoms with van der Waals surface area (Å²) in [7, 11) is 0.488. The fraction of sp³-hybridized carbons (Fsp3) is 0.0769. The van der Waals surface area contributed by atoms with E-state index in [1.807, 2.05) is 31.2 Å². The molecular formula is C13H10Si. The van der Waals surface area contributed by atoms with Crippen LogP contribution >= 0.6 is 0 Å². The monoisotopic (exact) mass is 194 g/mol. The van der Waals surface area contributed by atoms with Crippen molar-refractivity contribution in [1.29, 1.82) is 0 Å². The number of benzene rings is 1. The van der Waals surface area contributed by atoms with Crippen LogP contribution in [0.1, 0.15) is 18.1 Å². The molecule has 0 aliphatic carbocycles. The molecule has 1 aromatic carbocycles. The van der Waals surface area contributed by atoms with E-state index in [4.69, 9.17) is 6.42 Å². The second-order valence-corrected chi connectivity index (χ2v) is 4.20. The Morgan fingerprint density at radius 3 is 2.57 bits per heavy atom. The van der Waals surface area contributed by atoms with Crippen molar-refractivity contribution >= 4 is 9.52 Å². The van der Waals surface area contributed by atoms with Gasteiger partial charge in [-0.25, -0.2) is 0 Å². The molecule has 2 radical (unpaired) electrons. The lowest BCUT2D eigenvalue weighted by Gasteiger charge is -1.93. The molecule has 1 aromatic rings. The molecule has 0 saturated heterocycles. The Hall–Kier alpha value is -1.70. The summed E-state index contributed by atoms with van der Waals surface area (Å²) >= 11 is 0. The Bertz CT molecular complexity index is 438. The van der Waals surface area contributed by atoms with E-state index in [1.54, 1.807) is 0 Å². The zero-order valence-electron chi connectivity index (χ0n) is 8.09. The highest BCUT2D eigenvalue weighted by Gasteiger charge is 1.92. The highest BCUT2D eigenvalue weighted by atomic mass is 28.2. The first kappa shape index (κ1) is 10.4. The summed E-state index contributed by atoms with van der Waals surface area (Å²) in [5.41, 5.74) is 4.83. The molecule has 0 aliphatic heterocycles. The Labute approximate surface area is 87.9 Å². The minimum Gasteiger partial charge on any atom is -0.124 e. The van der Waals surface area contributed by atoms with E-state index in [1.165, 1.54) is 0 Å². The fourth-order valence-electron chi connectivity index (χ4n) is 0.923. The molecule has 0 atom stereocenters. The van der Waals surface area contributed by atoms with Crippen molar-refractivity contribution in [2.24, 2.45) is 0 Å². The lowest BCUT2D eigenvalue weighted by Crippen LogP contribution is -1.87. The summed E-state index contributed by atoms with van der Waals surface area (Å²) in [6.45, 7) is 5.77. The van der Waals surface area contributed by atoms with Crippen LogP contribution in [0.3, 0.4) is 0 Å². The molecule has 14 heavy (non-hydrogen) atoms. The summed E-state index contributed by atoms with van der Waals surface area (Å²) in [4.78, 5) is 0. The molecule has 0 bridgehead atoms. The van der Waals surface area contributed by atoms with E-state index in [2.05, 4.69) is 24.0 Å². The highest BCUT2D eigenvalue weighted by molar-refractivity contribution is 6.54. The van der Waals surface area contributed by atoms with Crippen LogP contribution in [0.25, 0.3) is 0 Å². The largest absolute Gasteiger partial charge is 0.181 e. The van der Waals surface area contributed by atoms with Crippen LogP contribution in [0.15, 0.2) is 36.0 Å². The summed E-state index contributed by atoms with van der Waals surface area (Å²) in [5.74, 6) is 5.67. The molecule has 0 aliphatic rings. The summed E-state index contributed by atoms with van der Waals surface area (Å²) < 4.78 is 0. The zero-order valence-corrected chi connectivity index (χ0v) is 9.09. The van der Waals surface area contributed by atoms with E-state index >= 15 is 0 Å². The van der Waals surface area contributed by atoms with E-state index in [0.717, 1.165) is 16.3 Å². The minimum absolute atomic E-state index is 0.488. The zero-order chi connectivity index (χ0) is 10.4. The van der Waals surface area contributed by atoms with Gasteiger partial charge in [0.05, 0.1) is 0 Å². The van der Waals surface area contributed by atoms with Crippen molar-refractivity contribution < 1.29 is 0 Å². The molecule has 0 fully saturated rings. The van der Waals surface area contributed by atoms with Gasteiger partial charge in [0.25, 0.3) is 0 Å². The van der Waals surface area contributed by atoms with Gasteiger partial charge in [-0.1, -0.05) is 29.2 Å². The van der Waals surface area contributed by atoms with Crippen molar-refractivity contribution in [3.8, 4) is 23.8 Å². The molecule has 0 amide bonds. The normalized spacial score (nSPS) is 8.29. The fourth-order valence-corrected chi connectivity index (χ4v) is 1.33. The van der Waals surface area contributed by atoms with Crippen LogP contribution < -0.4 is 0 Å². The van der Waals surface area contributed by atoms with Gasteiger partial charge in [-0.2, -0.15) is 0 Å². The van der Waals surface area contributed by atoms with Crippen molar-refractivity contribution in [3.63, 3.8) is 0 Å². The molecule has 0 nitrogen and oxygen atoms in total. The molecule has 0 heterocycles. The Morgan fingerprint density at radius 1 is 1.36 bits per heavy atom. The lowest BCUT2D eigenvalue weighted by atomic mass is 10.1. The quantitative estimate of drug-likeness (QED) is 0.475.